The number of aromatic nitrogens is 2. The van der Waals surface area contributed by atoms with Crippen LogP contribution in [0.15, 0.2) is 42.6 Å². The van der Waals surface area contributed by atoms with E-state index in [9.17, 15) is 9.59 Å². The lowest BCUT2D eigenvalue weighted by Gasteiger charge is -2.07. The van der Waals surface area contributed by atoms with E-state index >= 15 is 0 Å². The van der Waals surface area contributed by atoms with Crippen molar-refractivity contribution < 1.29 is 14.7 Å². The fourth-order valence-electron chi connectivity index (χ4n) is 2.72. The maximum absolute atomic E-state index is 12.7. The van der Waals surface area contributed by atoms with Crippen molar-refractivity contribution in [2.24, 2.45) is 0 Å². The second kappa shape index (κ2) is 6.76. The summed E-state index contributed by atoms with van der Waals surface area (Å²) in [5.41, 5.74) is 4.15. The summed E-state index contributed by atoms with van der Waals surface area (Å²) in [6.45, 7) is 4.26. The van der Waals surface area contributed by atoms with E-state index in [0.29, 0.717) is 18.7 Å². The summed E-state index contributed by atoms with van der Waals surface area (Å²) in [6, 6.07) is 10.3. The maximum Gasteiger partial charge on any atom is 0.335 e. The Bertz CT molecular complexity index is 942. The number of fused-ring (bicyclic) bond motifs is 1. The number of hydrogen-bond donors (Lipinski definition) is 2. The summed E-state index contributed by atoms with van der Waals surface area (Å²) in [6.07, 6.45) is 2.56. The molecule has 1 aromatic carbocycles. The van der Waals surface area contributed by atoms with Gasteiger partial charge in [-0.1, -0.05) is 25.1 Å². The predicted octanol–water partition coefficient (Wildman–Crippen LogP) is 2.83. The first-order valence-electron chi connectivity index (χ1n) is 8.07. The Morgan fingerprint density at radius 3 is 2.52 bits per heavy atom. The molecular formula is C19H19N3O3. The largest absolute Gasteiger partial charge is 0.478 e. The fourth-order valence-corrected chi connectivity index (χ4v) is 2.72. The number of nitrogens with zero attached hydrogens (tertiary/aromatic N) is 2. The lowest BCUT2D eigenvalue weighted by molar-refractivity contribution is 0.0696. The van der Waals surface area contributed by atoms with Gasteiger partial charge in [0.2, 0.25) is 0 Å². The minimum Gasteiger partial charge on any atom is -0.478 e. The Morgan fingerprint density at radius 1 is 1.16 bits per heavy atom. The molecule has 0 aliphatic carbocycles. The van der Waals surface area contributed by atoms with Gasteiger partial charge in [0, 0.05) is 12.7 Å². The van der Waals surface area contributed by atoms with Crippen molar-refractivity contribution in [3.63, 3.8) is 0 Å². The van der Waals surface area contributed by atoms with Crippen molar-refractivity contribution in [2.45, 2.75) is 26.8 Å². The van der Waals surface area contributed by atoms with Crippen LogP contribution in [0.25, 0.3) is 5.65 Å². The first-order valence-corrected chi connectivity index (χ1v) is 8.07. The molecule has 0 fully saturated rings. The number of amides is 1. The highest BCUT2D eigenvalue weighted by atomic mass is 16.4. The number of carboxylic acid groups (broad SMARTS) is 1. The third-order valence-electron chi connectivity index (χ3n) is 4.04. The lowest BCUT2D eigenvalue weighted by atomic mass is 10.1. The molecule has 2 aromatic heterocycles. The molecule has 0 saturated heterocycles. The predicted molar refractivity (Wildman–Crippen MR) is 93.9 cm³/mol. The van der Waals surface area contributed by atoms with Crippen molar-refractivity contribution in [1.29, 1.82) is 0 Å². The van der Waals surface area contributed by atoms with Crippen molar-refractivity contribution in [1.82, 2.24) is 14.7 Å². The maximum atomic E-state index is 12.7. The van der Waals surface area contributed by atoms with Crippen LogP contribution in [0, 0.1) is 6.92 Å². The van der Waals surface area contributed by atoms with Crippen LogP contribution in [-0.2, 0) is 13.0 Å². The van der Waals surface area contributed by atoms with Gasteiger partial charge in [0.15, 0.2) is 0 Å². The van der Waals surface area contributed by atoms with Crippen LogP contribution in [0.2, 0.25) is 0 Å². The van der Waals surface area contributed by atoms with Crippen LogP contribution in [0.4, 0.5) is 0 Å². The lowest BCUT2D eigenvalue weighted by Crippen LogP contribution is -2.25. The van der Waals surface area contributed by atoms with E-state index in [1.54, 1.807) is 12.1 Å². The zero-order valence-corrected chi connectivity index (χ0v) is 14.1. The first kappa shape index (κ1) is 16.7. The standard InChI is InChI=1S/C19H19N3O3/c1-3-15-17(22-11-12(2)4-9-16(22)21-15)18(23)20-10-13-5-7-14(8-6-13)19(24)25/h4-9,11H,3,10H2,1-2H3,(H,20,23)(H,24,25). The fraction of sp³-hybridized carbons (Fsp3) is 0.211. The van der Waals surface area contributed by atoms with Crippen molar-refractivity contribution in [2.75, 3.05) is 0 Å². The molecule has 25 heavy (non-hydrogen) atoms. The number of aromatic carboxylic acids is 1. The molecule has 0 spiro atoms. The Morgan fingerprint density at radius 2 is 1.88 bits per heavy atom. The zero-order valence-electron chi connectivity index (χ0n) is 14.1. The number of pyridine rings is 1. The molecule has 1 amide bonds. The molecule has 128 valence electrons. The molecule has 0 atom stereocenters. The molecule has 3 aromatic rings. The molecule has 6 heteroatoms. The quantitative estimate of drug-likeness (QED) is 0.750. The van der Waals surface area contributed by atoms with Gasteiger partial charge in [-0.3, -0.25) is 9.20 Å². The molecule has 3 rings (SSSR count). The summed E-state index contributed by atoms with van der Waals surface area (Å²) < 4.78 is 1.82. The SMILES string of the molecule is CCc1nc2ccc(C)cn2c1C(=O)NCc1ccc(C(=O)O)cc1. The minimum absolute atomic E-state index is 0.197. The van der Waals surface area contributed by atoms with E-state index in [1.807, 2.05) is 36.6 Å². The molecule has 0 aliphatic rings. The number of nitrogens with one attached hydrogen (secondary N) is 1. The molecule has 0 radical (unpaired) electrons. The normalized spacial score (nSPS) is 10.8. The second-order valence-electron chi connectivity index (χ2n) is 5.88. The number of carboxylic acids is 1. The van der Waals surface area contributed by atoms with E-state index in [0.717, 1.165) is 22.5 Å². The van der Waals surface area contributed by atoms with Crippen LogP contribution in [0.1, 0.15) is 44.6 Å². The van der Waals surface area contributed by atoms with Gasteiger partial charge in [0.25, 0.3) is 5.91 Å². The van der Waals surface area contributed by atoms with Crippen LogP contribution in [0.3, 0.4) is 0 Å². The number of benzene rings is 1. The van der Waals surface area contributed by atoms with Crippen LogP contribution < -0.4 is 5.32 Å². The average Bonchev–Trinajstić information content (AvgIpc) is 2.97. The van der Waals surface area contributed by atoms with Gasteiger partial charge in [-0.05, 0) is 42.7 Å². The van der Waals surface area contributed by atoms with E-state index in [-0.39, 0.29) is 11.5 Å². The Hall–Kier alpha value is -3.15. The summed E-state index contributed by atoms with van der Waals surface area (Å²) in [4.78, 5) is 28.1. The van der Waals surface area contributed by atoms with Crippen LogP contribution >= 0.6 is 0 Å². The highest BCUT2D eigenvalue weighted by Gasteiger charge is 2.18. The second-order valence-corrected chi connectivity index (χ2v) is 5.88. The molecule has 0 unspecified atom stereocenters. The van der Waals surface area contributed by atoms with Gasteiger partial charge in [-0.2, -0.15) is 0 Å². The molecule has 6 nitrogen and oxygen atoms in total. The number of aryl methyl sites for hydroxylation is 2. The molecule has 0 saturated carbocycles. The van der Waals surface area contributed by atoms with Crippen LogP contribution in [-0.4, -0.2) is 26.4 Å². The van der Waals surface area contributed by atoms with E-state index in [1.165, 1.54) is 12.1 Å². The third kappa shape index (κ3) is 3.38. The van der Waals surface area contributed by atoms with Gasteiger partial charge in [0.1, 0.15) is 11.3 Å². The van der Waals surface area contributed by atoms with Gasteiger partial charge in [0.05, 0.1) is 11.3 Å². The summed E-state index contributed by atoms with van der Waals surface area (Å²) in [5.74, 6) is -1.17. The number of imidazole rings is 1. The van der Waals surface area contributed by atoms with E-state index in [4.69, 9.17) is 5.11 Å². The Balaban J connectivity index is 1.82. The van der Waals surface area contributed by atoms with Gasteiger partial charge < -0.3 is 10.4 Å². The van der Waals surface area contributed by atoms with Gasteiger partial charge in [-0.15, -0.1) is 0 Å². The zero-order chi connectivity index (χ0) is 18.0. The summed E-state index contributed by atoms with van der Waals surface area (Å²) >= 11 is 0. The van der Waals surface area contributed by atoms with E-state index < -0.39 is 5.97 Å². The van der Waals surface area contributed by atoms with Crippen LogP contribution in [0.5, 0.6) is 0 Å². The smallest absolute Gasteiger partial charge is 0.335 e. The van der Waals surface area contributed by atoms with Crippen molar-refractivity contribution in [3.05, 3.63) is 70.7 Å². The number of carbonyl (C=O) groups is 2. The molecular weight excluding hydrogens is 318 g/mol. The highest BCUT2D eigenvalue weighted by Crippen LogP contribution is 2.15. The minimum atomic E-state index is -0.968. The monoisotopic (exact) mass is 337 g/mol. The number of rotatable bonds is 5. The average molecular weight is 337 g/mol. The summed E-state index contributed by atoms with van der Waals surface area (Å²) in [7, 11) is 0. The van der Waals surface area contributed by atoms with Crippen molar-refractivity contribution >= 4 is 17.5 Å². The Kier molecular flexibility index (Phi) is 4.52. The number of hydrogen-bond acceptors (Lipinski definition) is 3. The topological polar surface area (TPSA) is 83.7 Å². The summed E-state index contributed by atoms with van der Waals surface area (Å²) in [5, 5.41) is 11.8. The Labute approximate surface area is 145 Å². The third-order valence-corrected chi connectivity index (χ3v) is 4.04. The first-order chi connectivity index (χ1) is 12.0. The molecule has 2 heterocycles. The van der Waals surface area contributed by atoms with Gasteiger partial charge >= 0.3 is 5.97 Å². The van der Waals surface area contributed by atoms with Crippen molar-refractivity contribution in [3.8, 4) is 0 Å². The highest BCUT2D eigenvalue weighted by molar-refractivity contribution is 5.94. The molecule has 0 bridgehead atoms. The molecule has 2 N–H and O–H groups in total. The van der Waals surface area contributed by atoms with Gasteiger partial charge in [-0.25, -0.2) is 9.78 Å². The number of carbonyl (C=O) groups excluding carboxylic acids is 1. The van der Waals surface area contributed by atoms with E-state index in [2.05, 4.69) is 10.3 Å². The molecule has 0 aliphatic heterocycles.